The third-order valence-corrected chi connectivity index (χ3v) is 5.88. The summed E-state index contributed by atoms with van der Waals surface area (Å²) in [6, 6.07) is 11.1. The van der Waals surface area contributed by atoms with Crippen molar-refractivity contribution in [1.29, 1.82) is 0 Å². The molecule has 0 radical (unpaired) electrons. The van der Waals surface area contributed by atoms with E-state index < -0.39 is 23.4 Å². The maximum atomic E-state index is 14.6. The van der Waals surface area contributed by atoms with Crippen LogP contribution >= 0.6 is 0 Å². The van der Waals surface area contributed by atoms with E-state index in [4.69, 9.17) is 4.74 Å². The first-order valence-electron chi connectivity index (χ1n) is 9.98. The Morgan fingerprint density at radius 1 is 0.933 bits per heavy atom. The van der Waals surface area contributed by atoms with Crippen molar-refractivity contribution < 1.29 is 22.7 Å². The van der Waals surface area contributed by atoms with E-state index in [1.54, 1.807) is 6.07 Å². The standard InChI is InChI=1S/C25H21F3O2/c1-2-15-3-5-16(6-4-15)17-7-10-21(23(27)14-17)25(29)30-19-9-11-20-18(13-19)8-12-22(26)24(20)28/h2,7-16H,1,3-6H2. The topological polar surface area (TPSA) is 26.3 Å². The molecule has 1 aliphatic carbocycles. The fourth-order valence-corrected chi connectivity index (χ4v) is 4.11. The predicted octanol–water partition coefficient (Wildman–Crippen LogP) is 6.94. The van der Waals surface area contributed by atoms with E-state index in [1.807, 2.05) is 6.08 Å². The Morgan fingerprint density at radius 2 is 1.70 bits per heavy atom. The number of carbonyl (C=O) groups is 1. The lowest BCUT2D eigenvalue weighted by atomic mass is 9.78. The summed E-state index contributed by atoms with van der Waals surface area (Å²) in [5, 5.41) is 0.460. The van der Waals surface area contributed by atoms with Gasteiger partial charge >= 0.3 is 5.97 Å². The van der Waals surface area contributed by atoms with E-state index in [9.17, 15) is 18.0 Å². The van der Waals surface area contributed by atoms with E-state index in [0.717, 1.165) is 37.3 Å². The second-order valence-corrected chi connectivity index (χ2v) is 7.72. The van der Waals surface area contributed by atoms with Crippen LogP contribution in [0.4, 0.5) is 13.2 Å². The lowest BCUT2D eigenvalue weighted by Gasteiger charge is -2.27. The van der Waals surface area contributed by atoms with Crippen LogP contribution in [0.1, 0.15) is 47.5 Å². The highest BCUT2D eigenvalue weighted by Gasteiger charge is 2.23. The first kappa shape index (κ1) is 20.2. The zero-order valence-corrected chi connectivity index (χ0v) is 16.3. The van der Waals surface area contributed by atoms with E-state index in [1.165, 1.54) is 36.4 Å². The normalized spacial score (nSPS) is 18.9. The number of ether oxygens (including phenoxy) is 1. The maximum absolute atomic E-state index is 14.6. The third kappa shape index (κ3) is 3.97. The smallest absolute Gasteiger partial charge is 0.346 e. The Bertz CT molecular complexity index is 1110. The lowest BCUT2D eigenvalue weighted by Crippen LogP contribution is -2.14. The van der Waals surface area contributed by atoms with Crippen LogP contribution in [0, 0.1) is 23.4 Å². The number of esters is 1. The Morgan fingerprint density at radius 3 is 2.40 bits per heavy atom. The summed E-state index contributed by atoms with van der Waals surface area (Å²) in [6.07, 6.45) is 5.98. The highest BCUT2D eigenvalue weighted by Crippen LogP contribution is 2.36. The monoisotopic (exact) mass is 410 g/mol. The molecule has 30 heavy (non-hydrogen) atoms. The molecule has 0 aromatic heterocycles. The summed E-state index contributed by atoms with van der Waals surface area (Å²) in [4.78, 5) is 12.5. The van der Waals surface area contributed by atoms with Gasteiger partial charge in [0.2, 0.25) is 0 Å². The van der Waals surface area contributed by atoms with Crippen molar-refractivity contribution in [3.8, 4) is 5.75 Å². The van der Waals surface area contributed by atoms with Crippen LogP contribution in [0.5, 0.6) is 5.75 Å². The van der Waals surface area contributed by atoms with Gasteiger partial charge in [0, 0.05) is 5.39 Å². The van der Waals surface area contributed by atoms with Crippen molar-refractivity contribution >= 4 is 16.7 Å². The molecule has 0 heterocycles. The predicted molar refractivity (Wildman–Crippen MR) is 110 cm³/mol. The summed E-state index contributed by atoms with van der Waals surface area (Å²) in [5.41, 5.74) is 0.721. The van der Waals surface area contributed by atoms with Crippen LogP contribution in [0.25, 0.3) is 10.8 Å². The van der Waals surface area contributed by atoms with Crippen LogP contribution in [0.3, 0.4) is 0 Å². The molecule has 0 aliphatic heterocycles. The van der Waals surface area contributed by atoms with Gasteiger partial charge in [-0.2, -0.15) is 0 Å². The number of halogens is 3. The van der Waals surface area contributed by atoms with Crippen LogP contribution in [-0.2, 0) is 0 Å². The van der Waals surface area contributed by atoms with E-state index in [0.29, 0.717) is 11.3 Å². The zero-order valence-electron chi connectivity index (χ0n) is 16.3. The van der Waals surface area contributed by atoms with Crippen molar-refractivity contribution in [3.63, 3.8) is 0 Å². The number of carbonyl (C=O) groups excluding carboxylic acids is 1. The summed E-state index contributed by atoms with van der Waals surface area (Å²) >= 11 is 0. The number of allylic oxidation sites excluding steroid dienone is 1. The summed E-state index contributed by atoms with van der Waals surface area (Å²) in [5.74, 6) is -2.45. The van der Waals surface area contributed by atoms with Gasteiger partial charge < -0.3 is 4.74 Å². The highest BCUT2D eigenvalue weighted by atomic mass is 19.2. The summed E-state index contributed by atoms with van der Waals surface area (Å²) in [6.45, 7) is 3.84. The Kier molecular flexibility index (Phi) is 5.62. The van der Waals surface area contributed by atoms with E-state index in [2.05, 4.69) is 6.58 Å². The molecule has 3 aromatic rings. The molecule has 2 nitrogen and oxygen atoms in total. The molecule has 4 rings (SSSR count). The quantitative estimate of drug-likeness (QED) is 0.265. The molecule has 0 amide bonds. The molecule has 0 unspecified atom stereocenters. The molecule has 0 atom stereocenters. The largest absolute Gasteiger partial charge is 0.423 e. The fourth-order valence-electron chi connectivity index (χ4n) is 4.11. The first-order valence-corrected chi connectivity index (χ1v) is 9.98. The Labute approximate surface area is 173 Å². The van der Waals surface area contributed by atoms with Crippen molar-refractivity contribution in [3.05, 3.63) is 89.8 Å². The van der Waals surface area contributed by atoms with Crippen molar-refractivity contribution in [1.82, 2.24) is 0 Å². The minimum atomic E-state index is -0.964. The van der Waals surface area contributed by atoms with Crippen LogP contribution in [0.2, 0.25) is 0 Å². The summed E-state index contributed by atoms with van der Waals surface area (Å²) < 4.78 is 47.0. The van der Waals surface area contributed by atoms with Crippen LogP contribution < -0.4 is 4.74 Å². The van der Waals surface area contributed by atoms with Crippen molar-refractivity contribution in [2.24, 2.45) is 5.92 Å². The fraction of sp³-hybridized carbons (Fsp3) is 0.240. The Balaban J connectivity index is 1.50. The molecule has 1 saturated carbocycles. The van der Waals surface area contributed by atoms with Crippen LogP contribution in [0.15, 0.2) is 61.2 Å². The van der Waals surface area contributed by atoms with E-state index >= 15 is 0 Å². The molecular weight excluding hydrogens is 389 g/mol. The highest BCUT2D eigenvalue weighted by molar-refractivity contribution is 5.92. The van der Waals surface area contributed by atoms with Gasteiger partial charge in [-0.25, -0.2) is 18.0 Å². The number of hydrogen-bond donors (Lipinski definition) is 0. The first-order chi connectivity index (χ1) is 14.5. The van der Waals surface area contributed by atoms with E-state index in [-0.39, 0.29) is 22.6 Å². The molecule has 1 fully saturated rings. The summed E-state index contributed by atoms with van der Waals surface area (Å²) in [7, 11) is 0. The molecule has 1 aliphatic rings. The SMILES string of the molecule is C=CC1CCC(c2ccc(C(=O)Oc3ccc4c(F)c(F)ccc4c3)c(F)c2)CC1. The Hall–Kier alpha value is -3.08. The molecule has 0 saturated heterocycles. The molecular formula is C25H21F3O2. The van der Waals surface area contributed by atoms with Crippen LogP contribution in [-0.4, -0.2) is 5.97 Å². The molecule has 154 valence electrons. The van der Waals surface area contributed by atoms with Gasteiger partial charge in [0.15, 0.2) is 11.6 Å². The van der Waals surface area contributed by atoms with Gasteiger partial charge in [0.1, 0.15) is 11.6 Å². The van der Waals surface area contributed by atoms with Gasteiger partial charge in [0.25, 0.3) is 0 Å². The second kappa shape index (κ2) is 8.34. The van der Waals surface area contributed by atoms with Gasteiger partial charge in [-0.3, -0.25) is 0 Å². The average molecular weight is 410 g/mol. The number of fused-ring (bicyclic) bond motifs is 1. The van der Waals surface area contributed by atoms with Gasteiger partial charge in [-0.15, -0.1) is 6.58 Å². The average Bonchev–Trinajstić information content (AvgIpc) is 2.76. The lowest BCUT2D eigenvalue weighted by molar-refractivity contribution is 0.0730. The number of benzene rings is 3. The van der Waals surface area contributed by atoms with Crippen molar-refractivity contribution in [2.75, 3.05) is 0 Å². The minimum Gasteiger partial charge on any atom is -0.423 e. The number of rotatable bonds is 4. The molecule has 0 bridgehead atoms. The molecule has 5 heteroatoms. The second-order valence-electron chi connectivity index (χ2n) is 7.72. The molecule has 0 spiro atoms. The minimum absolute atomic E-state index is 0.0801. The molecule has 3 aromatic carbocycles. The maximum Gasteiger partial charge on any atom is 0.346 e. The van der Waals surface area contributed by atoms with Crippen molar-refractivity contribution in [2.45, 2.75) is 31.6 Å². The molecule has 0 N–H and O–H groups in total. The van der Waals surface area contributed by atoms with Gasteiger partial charge in [0.05, 0.1) is 5.56 Å². The third-order valence-electron chi connectivity index (χ3n) is 5.88. The van der Waals surface area contributed by atoms with Gasteiger partial charge in [-0.1, -0.05) is 18.2 Å². The zero-order chi connectivity index (χ0) is 21.3. The number of hydrogen-bond acceptors (Lipinski definition) is 2. The van der Waals surface area contributed by atoms with Gasteiger partial charge in [-0.05, 0) is 84.9 Å².